The number of rotatable bonds is 5. The normalized spacial score (nSPS) is 9.74. The number of para-hydroxylation sites is 1. The third kappa shape index (κ3) is 4.60. The monoisotopic (exact) mass is 283 g/mol. The summed E-state index contributed by atoms with van der Waals surface area (Å²) in [6.45, 7) is 0.417. The molecule has 0 unspecified atom stereocenters. The first-order valence-corrected chi connectivity index (χ1v) is 5.90. The number of nitrogens with zero attached hydrogens (tertiary/aromatic N) is 1. The van der Waals surface area contributed by atoms with Gasteiger partial charge in [-0.3, -0.25) is 20.2 Å². The Morgan fingerprint density at radius 2 is 2.11 bits per heavy atom. The molecule has 7 nitrogen and oxygen atoms in total. The van der Waals surface area contributed by atoms with E-state index in [9.17, 15) is 14.9 Å². The number of thiocarbonyl (C=S) groups is 1. The molecule has 0 aliphatic rings. The minimum absolute atomic E-state index is 0.00766. The van der Waals surface area contributed by atoms with Crippen LogP contribution in [0.25, 0.3) is 0 Å². The zero-order chi connectivity index (χ0) is 14.3. The largest absolute Gasteiger partial charge is 0.396 e. The van der Waals surface area contributed by atoms with Gasteiger partial charge in [0.2, 0.25) is 0 Å². The number of hydrogen-bond acceptors (Lipinski definition) is 5. The smallest absolute Gasteiger partial charge is 0.282 e. The Labute approximate surface area is 114 Å². The van der Waals surface area contributed by atoms with Gasteiger partial charge in [-0.15, -0.1) is 0 Å². The zero-order valence-corrected chi connectivity index (χ0v) is 10.8. The minimum atomic E-state index is -0.645. The number of benzene rings is 1. The molecule has 0 atom stereocenters. The predicted molar refractivity (Wildman–Crippen MR) is 72.9 cm³/mol. The first-order chi connectivity index (χ1) is 9.06. The first kappa shape index (κ1) is 15.0. The molecule has 1 aromatic carbocycles. The summed E-state index contributed by atoms with van der Waals surface area (Å²) in [7, 11) is 0. The van der Waals surface area contributed by atoms with Crippen LogP contribution in [0.1, 0.15) is 16.8 Å². The van der Waals surface area contributed by atoms with Crippen molar-refractivity contribution >= 4 is 28.9 Å². The van der Waals surface area contributed by atoms with Crippen LogP contribution in [0.3, 0.4) is 0 Å². The molecule has 0 radical (unpaired) electrons. The second-order valence-corrected chi connectivity index (χ2v) is 3.97. The summed E-state index contributed by atoms with van der Waals surface area (Å²) in [6.07, 6.45) is 0.488. The van der Waals surface area contributed by atoms with Crippen LogP contribution in [-0.4, -0.2) is 34.2 Å². The molecule has 0 fully saturated rings. The highest BCUT2D eigenvalue weighted by atomic mass is 32.1. The number of nitro groups is 1. The van der Waals surface area contributed by atoms with Gasteiger partial charge in [0.25, 0.3) is 11.6 Å². The lowest BCUT2D eigenvalue weighted by molar-refractivity contribution is -0.385. The second-order valence-electron chi connectivity index (χ2n) is 3.56. The summed E-state index contributed by atoms with van der Waals surface area (Å²) in [5.41, 5.74) is -0.336. The van der Waals surface area contributed by atoms with Crippen LogP contribution in [-0.2, 0) is 0 Å². The number of hydrogen-bond donors (Lipinski definition) is 3. The molecule has 3 N–H and O–H groups in total. The third-order valence-corrected chi connectivity index (χ3v) is 2.44. The van der Waals surface area contributed by atoms with Crippen LogP contribution in [0.2, 0.25) is 0 Å². The van der Waals surface area contributed by atoms with Crippen molar-refractivity contribution in [2.45, 2.75) is 6.42 Å². The van der Waals surface area contributed by atoms with Crippen LogP contribution in [0.4, 0.5) is 5.69 Å². The van der Waals surface area contributed by atoms with Crippen molar-refractivity contribution < 1.29 is 14.8 Å². The topological polar surface area (TPSA) is 104 Å². The van der Waals surface area contributed by atoms with E-state index in [0.29, 0.717) is 13.0 Å². The van der Waals surface area contributed by atoms with E-state index in [-0.39, 0.29) is 23.0 Å². The lowest BCUT2D eigenvalue weighted by atomic mass is 10.1. The predicted octanol–water partition coefficient (Wildman–Crippen LogP) is 0.581. The Bertz CT molecular complexity index is 493. The van der Waals surface area contributed by atoms with E-state index in [1.165, 1.54) is 24.3 Å². The maximum atomic E-state index is 11.8. The van der Waals surface area contributed by atoms with Crippen molar-refractivity contribution in [2.75, 3.05) is 13.2 Å². The van der Waals surface area contributed by atoms with Gasteiger partial charge in [-0.25, -0.2) is 0 Å². The van der Waals surface area contributed by atoms with Gasteiger partial charge in [0.05, 0.1) is 4.92 Å². The Kier molecular flexibility index (Phi) is 5.83. The molecule has 1 rings (SSSR count). The van der Waals surface area contributed by atoms with Crippen molar-refractivity contribution in [1.29, 1.82) is 0 Å². The number of aliphatic hydroxyl groups excluding tert-OH is 1. The lowest BCUT2D eigenvalue weighted by Gasteiger charge is -2.08. The number of aliphatic hydroxyl groups is 1. The first-order valence-electron chi connectivity index (χ1n) is 5.49. The summed E-state index contributed by atoms with van der Waals surface area (Å²) in [6, 6.07) is 5.61. The molecule has 0 aromatic heterocycles. The number of carbonyl (C=O) groups is 1. The molecule has 8 heteroatoms. The van der Waals surface area contributed by atoms with E-state index < -0.39 is 10.8 Å². The summed E-state index contributed by atoms with van der Waals surface area (Å²) in [4.78, 5) is 22.0. The summed E-state index contributed by atoms with van der Waals surface area (Å²) in [5, 5.41) is 24.5. The van der Waals surface area contributed by atoms with Crippen molar-refractivity contribution in [2.24, 2.45) is 0 Å². The average molecular weight is 283 g/mol. The van der Waals surface area contributed by atoms with Gasteiger partial charge in [-0.1, -0.05) is 12.1 Å². The molecule has 102 valence electrons. The zero-order valence-electron chi connectivity index (χ0n) is 9.96. The fourth-order valence-corrected chi connectivity index (χ4v) is 1.52. The molecule has 1 aromatic rings. The van der Waals surface area contributed by atoms with Crippen LogP contribution >= 0.6 is 12.2 Å². The Morgan fingerprint density at radius 3 is 2.74 bits per heavy atom. The van der Waals surface area contributed by atoms with E-state index in [0.717, 1.165) is 0 Å². The van der Waals surface area contributed by atoms with Gasteiger partial charge in [0, 0.05) is 19.2 Å². The van der Waals surface area contributed by atoms with Crippen molar-refractivity contribution in [3.8, 4) is 0 Å². The molecule has 0 bridgehead atoms. The number of carbonyl (C=O) groups excluding carboxylic acids is 1. The maximum Gasteiger partial charge on any atom is 0.282 e. The number of amides is 1. The minimum Gasteiger partial charge on any atom is -0.396 e. The number of nitrogens with one attached hydrogen (secondary N) is 2. The second kappa shape index (κ2) is 7.39. The van der Waals surface area contributed by atoms with Crippen LogP contribution in [0.5, 0.6) is 0 Å². The van der Waals surface area contributed by atoms with Gasteiger partial charge in [-0.05, 0) is 24.7 Å². The molecular weight excluding hydrogens is 270 g/mol. The van der Waals surface area contributed by atoms with E-state index >= 15 is 0 Å². The summed E-state index contributed by atoms with van der Waals surface area (Å²) in [5.74, 6) is -0.645. The van der Waals surface area contributed by atoms with E-state index in [2.05, 4.69) is 10.6 Å². The Hall–Kier alpha value is -2.06. The molecule has 0 saturated carbocycles. The van der Waals surface area contributed by atoms with Gasteiger partial charge in [-0.2, -0.15) is 0 Å². The molecule has 1 amide bonds. The van der Waals surface area contributed by atoms with E-state index in [1.807, 2.05) is 0 Å². The average Bonchev–Trinajstić information content (AvgIpc) is 2.39. The lowest BCUT2D eigenvalue weighted by Crippen LogP contribution is -2.39. The highest BCUT2D eigenvalue weighted by molar-refractivity contribution is 7.80. The highest BCUT2D eigenvalue weighted by Gasteiger charge is 2.19. The van der Waals surface area contributed by atoms with Crippen LogP contribution in [0, 0.1) is 10.1 Å². The van der Waals surface area contributed by atoms with Crippen LogP contribution < -0.4 is 10.6 Å². The Balaban J connectivity index is 2.68. The standard InChI is InChI=1S/C11H13N3O4S/c15-7-3-6-12-11(19)13-10(16)8-4-1-2-5-9(8)14(17)18/h1-2,4-5,15H,3,6-7H2,(H2,12,13,16,19). The molecule has 0 aliphatic carbocycles. The van der Waals surface area contributed by atoms with Gasteiger partial charge in [0.1, 0.15) is 5.56 Å². The van der Waals surface area contributed by atoms with E-state index in [4.69, 9.17) is 17.3 Å². The summed E-state index contributed by atoms with van der Waals surface area (Å²) < 4.78 is 0. The fraction of sp³-hybridized carbons (Fsp3) is 0.273. The molecule has 0 spiro atoms. The quantitative estimate of drug-likeness (QED) is 0.316. The highest BCUT2D eigenvalue weighted by Crippen LogP contribution is 2.17. The molecule has 0 heterocycles. The molecule has 19 heavy (non-hydrogen) atoms. The SMILES string of the molecule is O=C(NC(=S)NCCCO)c1ccccc1[N+](=O)[O-]. The van der Waals surface area contributed by atoms with Gasteiger partial charge >= 0.3 is 0 Å². The Morgan fingerprint density at radius 1 is 1.42 bits per heavy atom. The maximum absolute atomic E-state index is 11.8. The van der Waals surface area contributed by atoms with Gasteiger partial charge < -0.3 is 10.4 Å². The molecular formula is C11H13N3O4S. The van der Waals surface area contributed by atoms with Crippen molar-refractivity contribution in [3.63, 3.8) is 0 Å². The third-order valence-electron chi connectivity index (χ3n) is 2.19. The fourth-order valence-electron chi connectivity index (χ4n) is 1.32. The van der Waals surface area contributed by atoms with Gasteiger partial charge in [0.15, 0.2) is 5.11 Å². The molecule has 0 saturated heterocycles. The van der Waals surface area contributed by atoms with E-state index in [1.54, 1.807) is 0 Å². The van der Waals surface area contributed by atoms with Crippen molar-refractivity contribution in [3.05, 3.63) is 39.9 Å². The summed E-state index contributed by atoms with van der Waals surface area (Å²) >= 11 is 4.86. The number of nitro benzene ring substituents is 1. The molecule has 0 aliphatic heterocycles. The van der Waals surface area contributed by atoms with Crippen molar-refractivity contribution in [1.82, 2.24) is 10.6 Å². The van der Waals surface area contributed by atoms with Crippen LogP contribution in [0.15, 0.2) is 24.3 Å².